The van der Waals surface area contributed by atoms with Crippen LogP contribution in [0.15, 0.2) is 24.3 Å². The summed E-state index contributed by atoms with van der Waals surface area (Å²) in [6, 6.07) is 6.15. The Hall–Kier alpha value is -2.76. The summed E-state index contributed by atoms with van der Waals surface area (Å²) in [5.74, 6) is -0.381. The number of hydrogen-bond acceptors (Lipinski definition) is 6. The molecule has 2 aromatic rings. The lowest BCUT2D eigenvalue weighted by Crippen LogP contribution is -1.93. The quantitative estimate of drug-likeness (QED) is 0.645. The molecule has 6 heteroatoms. The van der Waals surface area contributed by atoms with E-state index in [1.807, 2.05) is 0 Å². The number of benzene rings is 2. The van der Waals surface area contributed by atoms with E-state index in [9.17, 15) is 20.4 Å². The maximum Gasteiger partial charge on any atom is 0.231 e. The van der Waals surface area contributed by atoms with E-state index in [4.69, 9.17) is 9.47 Å². The first-order valence-corrected chi connectivity index (χ1v) is 6.40. The molecule has 0 saturated carbocycles. The topological polar surface area (TPSA) is 99.4 Å². The maximum atomic E-state index is 9.82. The van der Waals surface area contributed by atoms with Gasteiger partial charge in [-0.2, -0.15) is 0 Å². The Morgan fingerprint density at radius 1 is 0.762 bits per heavy atom. The van der Waals surface area contributed by atoms with Crippen molar-refractivity contribution in [3.8, 4) is 34.5 Å². The van der Waals surface area contributed by atoms with Crippen molar-refractivity contribution in [3.05, 3.63) is 35.4 Å². The lowest BCUT2D eigenvalue weighted by atomic mass is 10.0. The lowest BCUT2D eigenvalue weighted by Gasteiger charge is -2.07. The van der Waals surface area contributed by atoms with E-state index in [2.05, 4.69) is 0 Å². The van der Waals surface area contributed by atoms with Crippen molar-refractivity contribution < 1.29 is 29.9 Å². The minimum atomic E-state index is -0.528. The first-order valence-electron chi connectivity index (χ1n) is 6.40. The Morgan fingerprint density at radius 2 is 1.33 bits per heavy atom. The summed E-state index contributed by atoms with van der Waals surface area (Å²) in [7, 11) is 0. The van der Waals surface area contributed by atoms with Gasteiger partial charge in [-0.25, -0.2) is 0 Å². The molecule has 3 rings (SSSR count). The third-order valence-electron chi connectivity index (χ3n) is 3.34. The molecular formula is C15H14O6. The minimum absolute atomic E-state index is 0.0244. The van der Waals surface area contributed by atoms with E-state index < -0.39 is 5.75 Å². The molecule has 4 N–H and O–H groups in total. The SMILES string of the molecule is Oc1cc(CCc2cc(O)c3c(c2)OCO3)cc(O)c1O. The van der Waals surface area contributed by atoms with Gasteiger partial charge < -0.3 is 29.9 Å². The van der Waals surface area contributed by atoms with E-state index >= 15 is 0 Å². The van der Waals surface area contributed by atoms with Crippen LogP contribution in [0.5, 0.6) is 34.5 Å². The molecule has 0 aliphatic carbocycles. The van der Waals surface area contributed by atoms with Gasteiger partial charge >= 0.3 is 0 Å². The Labute approximate surface area is 120 Å². The Balaban J connectivity index is 1.78. The van der Waals surface area contributed by atoms with Crippen LogP contribution < -0.4 is 9.47 Å². The third kappa shape index (κ3) is 2.47. The summed E-state index contributed by atoms with van der Waals surface area (Å²) < 4.78 is 10.4. The molecule has 0 amide bonds. The number of phenols is 4. The summed E-state index contributed by atoms with van der Waals surface area (Å²) in [5.41, 5.74) is 1.50. The highest BCUT2D eigenvalue weighted by molar-refractivity contribution is 5.55. The molecule has 2 aromatic carbocycles. The number of aryl methyl sites for hydroxylation is 2. The zero-order valence-electron chi connectivity index (χ0n) is 11.0. The average molecular weight is 290 g/mol. The molecule has 21 heavy (non-hydrogen) atoms. The summed E-state index contributed by atoms with van der Waals surface area (Å²) in [4.78, 5) is 0. The van der Waals surface area contributed by atoms with Crippen molar-refractivity contribution in [2.75, 3.05) is 6.79 Å². The molecule has 0 aromatic heterocycles. The van der Waals surface area contributed by atoms with Gasteiger partial charge in [-0.1, -0.05) is 0 Å². The molecule has 0 bridgehead atoms. The maximum absolute atomic E-state index is 9.82. The van der Waals surface area contributed by atoms with Crippen LogP contribution in [-0.4, -0.2) is 27.2 Å². The Bertz CT molecular complexity index is 672. The van der Waals surface area contributed by atoms with Gasteiger partial charge in [-0.15, -0.1) is 0 Å². The van der Waals surface area contributed by atoms with Gasteiger partial charge in [0.15, 0.2) is 28.7 Å². The largest absolute Gasteiger partial charge is 0.504 e. The van der Waals surface area contributed by atoms with Crippen molar-refractivity contribution >= 4 is 0 Å². The van der Waals surface area contributed by atoms with Crippen LogP contribution >= 0.6 is 0 Å². The van der Waals surface area contributed by atoms with Crippen LogP contribution in [0.1, 0.15) is 11.1 Å². The van der Waals surface area contributed by atoms with Crippen LogP contribution in [0.3, 0.4) is 0 Å². The normalized spacial score (nSPS) is 12.6. The van der Waals surface area contributed by atoms with Gasteiger partial charge in [-0.05, 0) is 48.2 Å². The molecule has 1 heterocycles. The van der Waals surface area contributed by atoms with Crippen molar-refractivity contribution in [1.82, 2.24) is 0 Å². The molecule has 1 aliphatic rings. The van der Waals surface area contributed by atoms with Crippen molar-refractivity contribution in [1.29, 1.82) is 0 Å². The number of rotatable bonds is 3. The molecule has 1 aliphatic heterocycles. The Morgan fingerprint density at radius 3 is 2.00 bits per heavy atom. The molecule has 0 fully saturated rings. The molecular weight excluding hydrogens is 276 g/mol. The lowest BCUT2D eigenvalue weighted by molar-refractivity contribution is 0.171. The predicted octanol–water partition coefficient (Wildman–Crippen LogP) is 2.02. The number of phenolic OH excluding ortho intramolecular Hbond substituents is 4. The number of aromatic hydroxyl groups is 4. The monoisotopic (exact) mass is 290 g/mol. The first-order chi connectivity index (χ1) is 10.0. The summed E-state index contributed by atoms with van der Waals surface area (Å²) in [5, 5.41) is 38.0. The standard InChI is InChI=1S/C15H14O6/c16-10-3-8(4-11(17)14(10)19)1-2-9-5-12(18)15-13(6-9)20-7-21-15/h3-6,16-19H,1-2,7H2. The van der Waals surface area contributed by atoms with Crippen LogP contribution in [0.25, 0.3) is 0 Å². The molecule has 110 valence electrons. The zero-order valence-corrected chi connectivity index (χ0v) is 11.0. The predicted molar refractivity (Wildman–Crippen MR) is 73.1 cm³/mol. The number of hydrogen-bond donors (Lipinski definition) is 4. The van der Waals surface area contributed by atoms with Gasteiger partial charge in [0, 0.05) is 0 Å². The van der Waals surface area contributed by atoms with Crippen LogP contribution in [0.4, 0.5) is 0 Å². The zero-order chi connectivity index (χ0) is 15.0. The van der Waals surface area contributed by atoms with Gasteiger partial charge in [0.25, 0.3) is 0 Å². The minimum Gasteiger partial charge on any atom is -0.504 e. The molecule has 6 nitrogen and oxygen atoms in total. The van der Waals surface area contributed by atoms with E-state index in [0.29, 0.717) is 29.9 Å². The third-order valence-corrected chi connectivity index (χ3v) is 3.34. The molecule has 0 spiro atoms. The fraction of sp³-hybridized carbons (Fsp3) is 0.200. The van der Waals surface area contributed by atoms with Gasteiger partial charge in [0.05, 0.1) is 0 Å². The first kappa shape index (κ1) is 13.2. The molecule has 0 unspecified atom stereocenters. The number of fused-ring (bicyclic) bond motifs is 1. The second-order valence-electron chi connectivity index (χ2n) is 4.83. The van der Waals surface area contributed by atoms with Gasteiger partial charge in [0.2, 0.25) is 12.5 Å². The highest BCUT2D eigenvalue weighted by Gasteiger charge is 2.19. The van der Waals surface area contributed by atoms with E-state index in [-0.39, 0.29) is 24.0 Å². The summed E-state index contributed by atoms with van der Waals surface area (Å²) in [6.07, 6.45) is 1.08. The highest BCUT2D eigenvalue weighted by atomic mass is 16.7. The van der Waals surface area contributed by atoms with Crippen molar-refractivity contribution in [3.63, 3.8) is 0 Å². The summed E-state index contributed by atoms with van der Waals surface area (Å²) in [6.45, 7) is 0.0893. The van der Waals surface area contributed by atoms with Crippen molar-refractivity contribution in [2.24, 2.45) is 0 Å². The van der Waals surface area contributed by atoms with E-state index in [0.717, 1.165) is 5.56 Å². The van der Waals surface area contributed by atoms with Crippen molar-refractivity contribution in [2.45, 2.75) is 12.8 Å². The fourth-order valence-electron chi connectivity index (χ4n) is 2.29. The van der Waals surface area contributed by atoms with Crippen LogP contribution in [-0.2, 0) is 12.8 Å². The number of ether oxygens (including phenoxy) is 2. The molecule has 0 saturated heterocycles. The average Bonchev–Trinajstić information content (AvgIpc) is 2.91. The van der Waals surface area contributed by atoms with E-state index in [1.54, 1.807) is 12.1 Å². The molecule has 0 atom stereocenters. The van der Waals surface area contributed by atoms with Gasteiger partial charge in [-0.3, -0.25) is 0 Å². The Kier molecular flexibility index (Phi) is 3.13. The summed E-state index contributed by atoms with van der Waals surface area (Å²) >= 11 is 0. The van der Waals surface area contributed by atoms with Gasteiger partial charge in [0.1, 0.15) is 0 Å². The smallest absolute Gasteiger partial charge is 0.231 e. The molecule has 0 radical (unpaired) electrons. The fourth-order valence-corrected chi connectivity index (χ4v) is 2.29. The van der Waals surface area contributed by atoms with E-state index in [1.165, 1.54) is 12.1 Å². The second-order valence-corrected chi connectivity index (χ2v) is 4.83. The van der Waals surface area contributed by atoms with Crippen LogP contribution in [0.2, 0.25) is 0 Å². The second kappa shape index (κ2) is 4.97. The van der Waals surface area contributed by atoms with Crippen LogP contribution in [0, 0.1) is 0 Å². The highest BCUT2D eigenvalue weighted by Crippen LogP contribution is 2.41.